The van der Waals surface area contributed by atoms with Gasteiger partial charge in [-0.2, -0.15) is 0 Å². The molecule has 1 saturated heterocycles. The average molecular weight is 361 g/mol. The van der Waals surface area contributed by atoms with Crippen molar-refractivity contribution < 1.29 is 9.90 Å². The highest BCUT2D eigenvalue weighted by molar-refractivity contribution is 7.18. The van der Waals surface area contributed by atoms with Gasteiger partial charge < -0.3 is 10.1 Å². The van der Waals surface area contributed by atoms with Gasteiger partial charge in [0, 0.05) is 4.88 Å². The minimum atomic E-state index is -0.798. The zero-order chi connectivity index (χ0) is 17.7. The van der Waals surface area contributed by atoms with E-state index in [2.05, 4.69) is 11.9 Å². The predicted octanol–water partition coefficient (Wildman–Crippen LogP) is 2.72. The van der Waals surface area contributed by atoms with Crippen LogP contribution in [-0.4, -0.2) is 38.5 Å². The summed E-state index contributed by atoms with van der Waals surface area (Å²) in [5.74, 6) is 0.435. The van der Waals surface area contributed by atoms with Crippen LogP contribution in [0.2, 0.25) is 0 Å². The number of aromatic amines is 1. The highest BCUT2D eigenvalue weighted by atomic mass is 32.1. The van der Waals surface area contributed by atoms with Gasteiger partial charge in [0.15, 0.2) is 0 Å². The number of nitrogens with one attached hydrogen (secondary N) is 1. The Morgan fingerprint density at radius 3 is 3.00 bits per heavy atom. The van der Waals surface area contributed by atoms with Gasteiger partial charge in [-0.05, 0) is 57.1 Å². The molecule has 3 heterocycles. The maximum atomic E-state index is 12.7. The van der Waals surface area contributed by atoms with Crippen LogP contribution in [0.25, 0.3) is 10.2 Å². The van der Waals surface area contributed by atoms with Gasteiger partial charge in [-0.25, -0.2) is 4.98 Å². The Morgan fingerprint density at radius 2 is 2.24 bits per heavy atom. The van der Waals surface area contributed by atoms with E-state index in [1.165, 1.54) is 10.4 Å². The van der Waals surface area contributed by atoms with Crippen molar-refractivity contribution in [1.29, 1.82) is 0 Å². The summed E-state index contributed by atoms with van der Waals surface area (Å²) in [7, 11) is 0. The van der Waals surface area contributed by atoms with Gasteiger partial charge in [0.1, 0.15) is 16.7 Å². The number of H-pyrrole nitrogens is 1. The van der Waals surface area contributed by atoms with Crippen molar-refractivity contribution in [2.45, 2.75) is 58.0 Å². The van der Waals surface area contributed by atoms with E-state index in [0.29, 0.717) is 18.2 Å². The number of hydrogen-bond donors (Lipinski definition) is 2. The lowest BCUT2D eigenvalue weighted by Gasteiger charge is -2.27. The van der Waals surface area contributed by atoms with E-state index in [0.717, 1.165) is 42.4 Å². The molecule has 7 heteroatoms. The first-order valence-corrected chi connectivity index (χ1v) is 9.80. The number of thiophene rings is 1. The molecule has 6 nitrogen and oxygen atoms in total. The molecule has 134 valence electrons. The minimum Gasteiger partial charge on any atom is -0.480 e. The molecule has 0 spiro atoms. The first kappa shape index (κ1) is 16.7. The van der Waals surface area contributed by atoms with Crippen LogP contribution in [0.3, 0.4) is 0 Å². The van der Waals surface area contributed by atoms with Crippen LogP contribution >= 0.6 is 11.3 Å². The molecule has 1 aliphatic carbocycles. The molecule has 25 heavy (non-hydrogen) atoms. The summed E-state index contributed by atoms with van der Waals surface area (Å²) >= 11 is 1.63. The topological polar surface area (TPSA) is 86.3 Å². The molecule has 2 aromatic heterocycles. The third kappa shape index (κ3) is 2.79. The van der Waals surface area contributed by atoms with Gasteiger partial charge in [0.2, 0.25) is 0 Å². The van der Waals surface area contributed by atoms with Crippen LogP contribution in [0.5, 0.6) is 0 Å². The number of aromatic nitrogens is 2. The summed E-state index contributed by atoms with van der Waals surface area (Å²) in [6.07, 6.45) is 4.60. The molecule has 0 saturated carbocycles. The predicted molar refractivity (Wildman–Crippen MR) is 97.2 cm³/mol. The van der Waals surface area contributed by atoms with Crippen molar-refractivity contribution >= 4 is 27.5 Å². The van der Waals surface area contributed by atoms with Crippen LogP contribution in [0, 0.1) is 5.92 Å². The van der Waals surface area contributed by atoms with Gasteiger partial charge >= 0.3 is 5.97 Å². The van der Waals surface area contributed by atoms with Crippen LogP contribution < -0.4 is 5.56 Å². The fourth-order valence-electron chi connectivity index (χ4n) is 4.24. The number of fused-ring (bicyclic) bond motifs is 3. The van der Waals surface area contributed by atoms with Crippen LogP contribution in [0.1, 0.15) is 55.4 Å². The van der Waals surface area contributed by atoms with Crippen molar-refractivity contribution in [3.8, 4) is 0 Å². The quantitative estimate of drug-likeness (QED) is 0.878. The SMILES string of the molecule is CC1CCc2c(sc3nc(C(C)N4CCCC4C(=O)O)[nH]c(=O)c23)C1. The Balaban J connectivity index is 1.74. The molecule has 3 unspecified atom stereocenters. The highest BCUT2D eigenvalue weighted by Gasteiger charge is 2.35. The number of nitrogens with zero attached hydrogens (tertiary/aromatic N) is 2. The molecule has 2 N–H and O–H groups in total. The summed E-state index contributed by atoms with van der Waals surface area (Å²) in [6, 6.07) is -0.702. The molecule has 4 rings (SSSR count). The third-order valence-electron chi connectivity index (χ3n) is 5.66. The van der Waals surface area contributed by atoms with Gasteiger partial charge in [-0.15, -0.1) is 11.3 Å². The molecule has 3 atom stereocenters. The third-order valence-corrected chi connectivity index (χ3v) is 6.80. The molecule has 1 fully saturated rings. The van der Waals surface area contributed by atoms with Gasteiger partial charge in [-0.1, -0.05) is 6.92 Å². The van der Waals surface area contributed by atoms with Gasteiger partial charge in [0.05, 0.1) is 11.4 Å². The lowest BCUT2D eigenvalue weighted by atomic mass is 9.89. The van der Waals surface area contributed by atoms with Crippen molar-refractivity contribution in [1.82, 2.24) is 14.9 Å². The van der Waals surface area contributed by atoms with E-state index in [-0.39, 0.29) is 11.6 Å². The molecule has 2 aliphatic rings. The number of carbonyl (C=O) groups is 1. The van der Waals surface area contributed by atoms with Crippen LogP contribution in [0.15, 0.2) is 4.79 Å². The second-order valence-electron chi connectivity index (χ2n) is 7.39. The van der Waals surface area contributed by atoms with E-state index < -0.39 is 12.0 Å². The first-order valence-electron chi connectivity index (χ1n) is 8.98. The number of hydrogen-bond acceptors (Lipinski definition) is 5. The second-order valence-corrected chi connectivity index (χ2v) is 8.48. The number of likely N-dealkylation sites (tertiary alicyclic amines) is 1. The molecule has 2 aromatic rings. The smallest absolute Gasteiger partial charge is 0.320 e. The maximum Gasteiger partial charge on any atom is 0.320 e. The summed E-state index contributed by atoms with van der Waals surface area (Å²) in [6.45, 7) is 4.90. The van der Waals surface area contributed by atoms with E-state index in [9.17, 15) is 14.7 Å². The zero-order valence-electron chi connectivity index (χ0n) is 14.5. The van der Waals surface area contributed by atoms with Crippen LogP contribution in [-0.2, 0) is 17.6 Å². The lowest BCUT2D eigenvalue weighted by Crippen LogP contribution is -2.38. The van der Waals surface area contributed by atoms with Crippen molar-refractivity contribution in [3.05, 3.63) is 26.6 Å². The molecular formula is C18H23N3O3S. The number of aliphatic carboxylic acids is 1. The second kappa shape index (κ2) is 6.21. The summed E-state index contributed by atoms with van der Waals surface area (Å²) < 4.78 is 0. The largest absolute Gasteiger partial charge is 0.480 e. The van der Waals surface area contributed by atoms with Gasteiger partial charge in [-0.3, -0.25) is 14.5 Å². The number of carboxylic acids is 1. The summed E-state index contributed by atoms with van der Waals surface area (Å²) in [4.78, 5) is 35.9. The zero-order valence-corrected chi connectivity index (χ0v) is 15.4. The molecule has 1 aliphatic heterocycles. The Labute approximate surface area is 149 Å². The Bertz CT molecular complexity index is 888. The lowest BCUT2D eigenvalue weighted by molar-refractivity contribution is -0.142. The Kier molecular flexibility index (Phi) is 4.16. The Hall–Kier alpha value is -1.73. The number of aryl methyl sites for hydroxylation is 1. The summed E-state index contributed by atoms with van der Waals surface area (Å²) in [5, 5.41) is 10.2. The molecule has 0 amide bonds. The molecule has 0 radical (unpaired) electrons. The van der Waals surface area contributed by atoms with E-state index in [4.69, 9.17) is 4.98 Å². The minimum absolute atomic E-state index is 0.0787. The fourth-order valence-corrected chi connectivity index (χ4v) is 5.63. The van der Waals surface area contributed by atoms with E-state index >= 15 is 0 Å². The van der Waals surface area contributed by atoms with Crippen molar-refractivity contribution in [2.24, 2.45) is 5.92 Å². The highest BCUT2D eigenvalue weighted by Crippen LogP contribution is 2.36. The number of rotatable bonds is 3. The van der Waals surface area contributed by atoms with E-state index in [1.54, 1.807) is 11.3 Å². The van der Waals surface area contributed by atoms with Gasteiger partial charge in [0.25, 0.3) is 5.56 Å². The average Bonchev–Trinajstić information content (AvgIpc) is 3.17. The maximum absolute atomic E-state index is 12.7. The standard InChI is InChI=1S/C18H23N3O3S/c1-9-5-6-11-13(8-9)25-17-14(11)16(22)19-15(20-17)10(2)21-7-3-4-12(21)18(23)24/h9-10,12H,3-8H2,1-2H3,(H,23,24)(H,19,20,22). The normalized spacial score (nSPS) is 25.2. The first-order chi connectivity index (χ1) is 12.0. The Morgan fingerprint density at radius 1 is 1.44 bits per heavy atom. The van der Waals surface area contributed by atoms with Crippen molar-refractivity contribution in [3.63, 3.8) is 0 Å². The van der Waals surface area contributed by atoms with E-state index in [1.807, 2.05) is 11.8 Å². The fraction of sp³-hybridized carbons (Fsp3) is 0.611. The molecule has 0 bridgehead atoms. The van der Waals surface area contributed by atoms with Crippen LogP contribution in [0.4, 0.5) is 0 Å². The van der Waals surface area contributed by atoms with Crippen molar-refractivity contribution in [2.75, 3.05) is 6.54 Å². The number of carboxylic acid groups (broad SMARTS) is 1. The summed E-state index contributed by atoms with van der Waals surface area (Å²) in [5.41, 5.74) is 1.10. The molecule has 0 aromatic carbocycles. The monoisotopic (exact) mass is 361 g/mol. The molecular weight excluding hydrogens is 338 g/mol.